The fourth-order valence-corrected chi connectivity index (χ4v) is 2.62. The van der Waals surface area contributed by atoms with E-state index in [-0.39, 0.29) is 11.8 Å². The molecular weight excluding hydrogens is 292 g/mol. The minimum Gasteiger partial charge on any atom is -0.493 e. The van der Waals surface area contributed by atoms with Crippen molar-refractivity contribution in [2.45, 2.75) is 19.8 Å². The van der Waals surface area contributed by atoms with Crippen LogP contribution in [0.2, 0.25) is 0 Å². The average molecular weight is 310 g/mol. The highest BCUT2D eigenvalue weighted by Crippen LogP contribution is 2.26. The van der Waals surface area contributed by atoms with Gasteiger partial charge in [-0.05, 0) is 35.4 Å². The lowest BCUT2D eigenvalue weighted by atomic mass is 10.1. The Morgan fingerprint density at radius 1 is 1.09 bits per heavy atom. The number of fused-ring (bicyclic) bond motifs is 1. The molecule has 0 saturated heterocycles. The van der Waals surface area contributed by atoms with Crippen LogP contribution in [-0.4, -0.2) is 18.4 Å². The Kier molecular flexibility index (Phi) is 4.28. The Bertz CT molecular complexity index is 756. The van der Waals surface area contributed by atoms with Crippen LogP contribution >= 0.6 is 0 Å². The molecule has 0 aliphatic carbocycles. The molecule has 1 aliphatic heterocycles. The summed E-state index contributed by atoms with van der Waals surface area (Å²) in [7, 11) is 0. The van der Waals surface area contributed by atoms with E-state index in [9.17, 15) is 9.59 Å². The van der Waals surface area contributed by atoms with Gasteiger partial charge < -0.3 is 15.4 Å². The van der Waals surface area contributed by atoms with E-state index in [0.29, 0.717) is 24.4 Å². The van der Waals surface area contributed by atoms with Gasteiger partial charge >= 0.3 is 0 Å². The minimum atomic E-state index is -0.145. The number of anilines is 2. The van der Waals surface area contributed by atoms with Crippen molar-refractivity contribution in [1.29, 1.82) is 0 Å². The van der Waals surface area contributed by atoms with Gasteiger partial charge in [0.05, 0.1) is 13.0 Å². The molecule has 0 fully saturated rings. The molecule has 0 atom stereocenters. The Morgan fingerprint density at radius 3 is 2.65 bits per heavy atom. The van der Waals surface area contributed by atoms with Gasteiger partial charge in [-0.1, -0.05) is 18.2 Å². The van der Waals surface area contributed by atoms with Crippen LogP contribution in [0.25, 0.3) is 0 Å². The Balaban J connectivity index is 1.64. The lowest BCUT2D eigenvalue weighted by Crippen LogP contribution is -2.15. The van der Waals surface area contributed by atoms with Gasteiger partial charge in [0.2, 0.25) is 11.8 Å². The number of amides is 2. The first-order chi connectivity index (χ1) is 11.1. The summed E-state index contributed by atoms with van der Waals surface area (Å²) >= 11 is 0. The predicted octanol–water partition coefficient (Wildman–Crippen LogP) is 2.76. The standard InChI is InChI=1S/C18H18N2O3/c1-12(21)19-15-3-2-4-16(11-15)20-18(22)10-13-5-6-17-14(9-13)7-8-23-17/h2-6,9,11H,7-8,10H2,1H3,(H,19,21)(H,20,22). The molecule has 23 heavy (non-hydrogen) atoms. The van der Waals surface area contributed by atoms with Gasteiger partial charge in [-0.25, -0.2) is 0 Å². The van der Waals surface area contributed by atoms with Crippen LogP contribution in [0.5, 0.6) is 5.75 Å². The highest BCUT2D eigenvalue weighted by atomic mass is 16.5. The SMILES string of the molecule is CC(=O)Nc1cccc(NC(=O)Cc2ccc3c(c2)CCO3)c1. The second-order valence-corrected chi connectivity index (χ2v) is 5.53. The Morgan fingerprint density at radius 2 is 1.87 bits per heavy atom. The van der Waals surface area contributed by atoms with E-state index in [2.05, 4.69) is 10.6 Å². The third-order valence-corrected chi connectivity index (χ3v) is 3.59. The van der Waals surface area contributed by atoms with Crippen molar-refractivity contribution in [2.75, 3.05) is 17.2 Å². The van der Waals surface area contributed by atoms with Gasteiger partial charge in [-0.15, -0.1) is 0 Å². The number of hydrogen-bond acceptors (Lipinski definition) is 3. The zero-order valence-corrected chi connectivity index (χ0v) is 12.9. The highest BCUT2D eigenvalue weighted by Gasteiger charge is 2.13. The lowest BCUT2D eigenvalue weighted by molar-refractivity contribution is -0.115. The van der Waals surface area contributed by atoms with Gasteiger partial charge in [0, 0.05) is 24.7 Å². The summed E-state index contributed by atoms with van der Waals surface area (Å²) in [6.07, 6.45) is 1.20. The molecule has 0 bridgehead atoms. The van der Waals surface area contributed by atoms with Crippen LogP contribution in [0.1, 0.15) is 18.1 Å². The largest absolute Gasteiger partial charge is 0.493 e. The minimum absolute atomic E-state index is 0.0937. The number of hydrogen-bond donors (Lipinski definition) is 2. The van der Waals surface area contributed by atoms with E-state index in [1.165, 1.54) is 6.92 Å². The number of carbonyl (C=O) groups excluding carboxylic acids is 2. The summed E-state index contributed by atoms with van der Waals surface area (Å²) in [5.74, 6) is 0.676. The molecular formula is C18H18N2O3. The molecule has 0 spiro atoms. The van der Waals surface area contributed by atoms with Crippen LogP contribution in [0.15, 0.2) is 42.5 Å². The maximum Gasteiger partial charge on any atom is 0.228 e. The van der Waals surface area contributed by atoms with Crippen LogP contribution in [0.4, 0.5) is 11.4 Å². The van der Waals surface area contributed by atoms with Gasteiger partial charge in [0.25, 0.3) is 0 Å². The zero-order valence-electron chi connectivity index (χ0n) is 12.9. The second kappa shape index (κ2) is 6.52. The topological polar surface area (TPSA) is 67.4 Å². The van der Waals surface area contributed by atoms with E-state index in [1.54, 1.807) is 24.3 Å². The molecule has 3 rings (SSSR count). The first-order valence-corrected chi connectivity index (χ1v) is 7.52. The molecule has 0 aromatic heterocycles. The van der Waals surface area contributed by atoms with Crippen molar-refractivity contribution in [3.8, 4) is 5.75 Å². The summed E-state index contributed by atoms with van der Waals surface area (Å²) in [6, 6.07) is 12.9. The molecule has 2 amide bonds. The van der Waals surface area contributed by atoms with Crippen LogP contribution in [0.3, 0.4) is 0 Å². The fraction of sp³-hybridized carbons (Fsp3) is 0.222. The number of ether oxygens (including phenoxy) is 1. The van der Waals surface area contributed by atoms with Gasteiger partial charge in [0.1, 0.15) is 5.75 Å². The average Bonchev–Trinajstić information content (AvgIpc) is 2.94. The van der Waals surface area contributed by atoms with Gasteiger partial charge in [-0.3, -0.25) is 9.59 Å². The van der Waals surface area contributed by atoms with Crippen molar-refractivity contribution < 1.29 is 14.3 Å². The summed E-state index contributed by atoms with van der Waals surface area (Å²) in [4.78, 5) is 23.3. The fourth-order valence-electron chi connectivity index (χ4n) is 2.62. The van der Waals surface area contributed by atoms with Crippen LogP contribution in [0, 0.1) is 0 Å². The third kappa shape index (κ3) is 3.88. The number of benzene rings is 2. The zero-order chi connectivity index (χ0) is 16.2. The van der Waals surface area contributed by atoms with Crippen molar-refractivity contribution in [2.24, 2.45) is 0 Å². The van der Waals surface area contributed by atoms with Crippen molar-refractivity contribution in [3.63, 3.8) is 0 Å². The monoisotopic (exact) mass is 310 g/mol. The van der Waals surface area contributed by atoms with E-state index in [4.69, 9.17) is 4.74 Å². The molecule has 1 heterocycles. The summed E-state index contributed by atoms with van der Waals surface area (Å²) in [5, 5.41) is 5.54. The van der Waals surface area contributed by atoms with E-state index >= 15 is 0 Å². The molecule has 5 nitrogen and oxygen atoms in total. The smallest absolute Gasteiger partial charge is 0.228 e. The number of rotatable bonds is 4. The summed E-state index contributed by atoms with van der Waals surface area (Å²) < 4.78 is 5.46. The van der Waals surface area contributed by atoms with Crippen molar-refractivity contribution in [3.05, 3.63) is 53.6 Å². The lowest BCUT2D eigenvalue weighted by Gasteiger charge is -2.08. The Labute approximate surface area is 134 Å². The maximum atomic E-state index is 12.2. The first-order valence-electron chi connectivity index (χ1n) is 7.52. The van der Waals surface area contributed by atoms with Gasteiger partial charge in [-0.2, -0.15) is 0 Å². The second-order valence-electron chi connectivity index (χ2n) is 5.53. The third-order valence-electron chi connectivity index (χ3n) is 3.59. The van der Waals surface area contributed by atoms with E-state index < -0.39 is 0 Å². The molecule has 0 saturated carbocycles. The maximum absolute atomic E-state index is 12.2. The molecule has 2 aromatic carbocycles. The molecule has 2 N–H and O–H groups in total. The summed E-state index contributed by atoms with van der Waals surface area (Å²) in [5.41, 5.74) is 3.43. The predicted molar refractivity (Wildman–Crippen MR) is 88.7 cm³/mol. The van der Waals surface area contributed by atoms with E-state index in [0.717, 1.165) is 23.3 Å². The van der Waals surface area contributed by atoms with Crippen LogP contribution in [-0.2, 0) is 22.4 Å². The van der Waals surface area contributed by atoms with E-state index in [1.807, 2.05) is 18.2 Å². The van der Waals surface area contributed by atoms with Crippen LogP contribution < -0.4 is 15.4 Å². The first kappa shape index (κ1) is 15.1. The number of carbonyl (C=O) groups is 2. The summed E-state index contributed by atoms with van der Waals surface area (Å²) in [6.45, 7) is 2.16. The van der Waals surface area contributed by atoms with Crippen molar-refractivity contribution in [1.82, 2.24) is 0 Å². The van der Waals surface area contributed by atoms with Crippen molar-refractivity contribution >= 4 is 23.2 Å². The molecule has 1 aliphatic rings. The van der Waals surface area contributed by atoms with Gasteiger partial charge in [0.15, 0.2) is 0 Å². The quantitative estimate of drug-likeness (QED) is 0.912. The number of nitrogens with one attached hydrogen (secondary N) is 2. The molecule has 5 heteroatoms. The molecule has 0 radical (unpaired) electrons. The highest BCUT2D eigenvalue weighted by molar-refractivity contribution is 5.94. The normalized spacial score (nSPS) is 12.2. The molecule has 118 valence electrons. The molecule has 2 aromatic rings. The Hall–Kier alpha value is -2.82. The molecule has 0 unspecified atom stereocenters.